The van der Waals surface area contributed by atoms with E-state index in [9.17, 15) is 0 Å². The molecule has 0 aromatic carbocycles. The molecule has 0 N–H and O–H groups in total. The number of hydrogen-bond donors (Lipinski definition) is 0. The van der Waals surface area contributed by atoms with Crippen LogP contribution in [0.4, 0.5) is 0 Å². The molecule has 0 aliphatic heterocycles. The van der Waals surface area contributed by atoms with Gasteiger partial charge in [-0.15, -0.1) is 0 Å². The molecule has 67 valence electrons. The Labute approximate surface area is 74.3 Å². The van der Waals surface area contributed by atoms with Crippen LogP contribution in [0.5, 0.6) is 0 Å². The van der Waals surface area contributed by atoms with Crippen LogP contribution < -0.4 is 0 Å². The Bertz CT molecular complexity index is 173. The van der Waals surface area contributed by atoms with E-state index in [1.165, 1.54) is 12.8 Å². The van der Waals surface area contributed by atoms with Gasteiger partial charge in [0.25, 0.3) is 0 Å². The van der Waals surface area contributed by atoms with Crippen molar-refractivity contribution in [3.8, 4) is 0 Å². The molecule has 0 atom stereocenters. The second kappa shape index (κ2) is 5.81. The summed E-state index contributed by atoms with van der Waals surface area (Å²) in [5, 5.41) is 3.77. The molecule has 0 spiro atoms. The molecule has 0 aromatic rings. The molecule has 0 saturated heterocycles. The maximum absolute atomic E-state index is 5.16. The van der Waals surface area contributed by atoms with Gasteiger partial charge in [-0.3, -0.25) is 0 Å². The van der Waals surface area contributed by atoms with E-state index >= 15 is 0 Å². The molecule has 0 saturated carbocycles. The van der Waals surface area contributed by atoms with Gasteiger partial charge in [0.2, 0.25) is 0 Å². The van der Waals surface area contributed by atoms with Crippen molar-refractivity contribution < 1.29 is 4.84 Å². The van der Waals surface area contributed by atoms with Crippen LogP contribution in [0.25, 0.3) is 0 Å². The van der Waals surface area contributed by atoms with Gasteiger partial charge in [0.15, 0.2) is 0 Å². The van der Waals surface area contributed by atoms with Crippen molar-refractivity contribution in [3.05, 3.63) is 11.8 Å². The lowest BCUT2D eigenvalue weighted by Crippen LogP contribution is -1.93. The minimum absolute atomic E-state index is 0.882. The lowest BCUT2D eigenvalue weighted by molar-refractivity contribution is 0.209. The van der Waals surface area contributed by atoms with Gasteiger partial charge in [0.05, 0.1) is 0 Å². The summed E-state index contributed by atoms with van der Waals surface area (Å²) in [6.45, 7) is 2.10. The fourth-order valence-electron chi connectivity index (χ4n) is 1.14. The minimum atomic E-state index is 0.882. The second-order valence-corrected chi connectivity index (χ2v) is 3.01. The molecule has 12 heavy (non-hydrogen) atoms. The van der Waals surface area contributed by atoms with E-state index in [2.05, 4.69) is 24.4 Å². The maximum atomic E-state index is 5.16. The third-order valence-electron chi connectivity index (χ3n) is 1.84. The first-order chi connectivity index (χ1) is 5.93. The summed E-state index contributed by atoms with van der Waals surface area (Å²) in [7, 11) is 0. The number of rotatable bonds is 4. The second-order valence-electron chi connectivity index (χ2n) is 3.01. The first-order valence-electron chi connectivity index (χ1n) is 4.72. The molecule has 2 heteroatoms. The molecule has 0 bridgehead atoms. The normalized spacial score (nSPS) is 17.9. The molecule has 1 radical (unpaired) electrons. The van der Waals surface area contributed by atoms with Gasteiger partial charge < -0.3 is 4.84 Å². The number of hydrogen-bond acceptors (Lipinski definition) is 2. The Morgan fingerprint density at radius 3 is 3.17 bits per heavy atom. The molecule has 0 amide bonds. The highest BCUT2D eigenvalue weighted by atomic mass is 16.6. The molecule has 2 nitrogen and oxygen atoms in total. The smallest absolute Gasteiger partial charge is 0.131 e. The Morgan fingerprint density at radius 2 is 2.50 bits per heavy atom. The van der Waals surface area contributed by atoms with Crippen LogP contribution in [-0.2, 0) is 4.84 Å². The summed E-state index contributed by atoms with van der Waals surface area (Å²) in [5.41, 5.74) is 0. The fraction of sp³-hybridized carbons (Fsp3) is 0.700. The topological polar surface area (TPSA) is 21.6 Å². The van der Waals surface area contributed by atoms with Crippen molar-refractivity contribution in [1.29, 1.82) is 0 Å². The molecule has 0 fully saturated rings. The summed E-state index contributed by atoms with van der Waals surface area (Å²) < 4.78 is 0. The van der Waals surface area contributed by atoms with Crippen molar-refractivity contribution in [2.24, 2.45) is 5.16 Å². The van der Waals surface area contributed by atoms with Gasteiger partial charge >= 0.3 is 0 Å². The standard InChI is InChI=1S/C10H16NO/c1-2-3-9-11-12-10-7-5-4-6-8-10/h7H,2-6,8H2,1H3. The number of allylic oxidation sites excluding steroid dienone is 2. The van der Waals surface area contributed by atoms with E-state index in [1.54, 1.807) is 0 Å². The number of nitrogens with zero attached hydrogens (tertiary/aromatic N) is 1. The molecule has 0 aromatic heterocycles. The van der Waals surface area contributed by atoms with Gasteiger partial charge in [-0.25, -0.2) is 0 Å². The van der Waals surface area contributed by atoms with Gasteiger partial charge in [0, 0.05) is 6.42 Å². The van der Waals surface area contributed by atoms with Gasteiger partial charge in [-0.1, -0.05) is 18.5 Å². The van der Waals surface area contributed by atoms with Crippen LogP contribution in [0.3, 0.4) is 0 Å². The minimum Gasteiger partial charge on any atom is -0.362 e. The Morgan fingerprint density at radius 1 is 1.58 bits per heavy atom. The zero-order chi connectivity index (χ0) is 8.65. The lowest BCUT2D eigenvalue weighted by atomic mass is 10.1. The lowest BCUT2D eigenvalue weighted by Gasteiger charge is -2.08. The average Bonchev–Trinajstić information content (AvgIpc) is 2.14. The highest BCUT2D eigenvalue weighted by Gasteiger charge is 2.03. The first-order valence-corrected chi connectivity index (χ1v) is 4.72. The van der Waals surface area contributed by atoms with E-state index < -0.39 is 0 Å². The quantitative estimate of drug-likeness (QED) is 0.464. The molecule has 0 heterocycles. The summed E-state index contributed by atoms with van der Waals surface area (Å²) in [6.07, 6.45) is 11.6. The van der Waals surface area contributed by atoms with Gasteiger partial charge in [0.1, 0.15) is 12.0 Å². The fourth-order valence-corrected chi connectivity index (χ4v) is 1.14. The predicted octanol–water partition coefficient (Wildman–Crippen LogP) is 3.12. The first kappa shape index (κ1) is 9.30. The molecule has 1 rings (SSSR count). The Balaban J connectivity index is 2.17. The van der Waals surface area contributed by atoms with E-state index in [0.29, 0.717) is 0 Å². The summed E-state index contributed by atoms with van der Waals surface area (Å²) in [4.78, 5) is 5.16. The van der Waals surface area contributed by atoms with E-state index in [-0.39, 0.29) is 0 Å². The van der Waals surface area contributed by atoms with Crippen LogP contribution in [-0.4, -0.2) is 6.21 Å². The number of unbranched alkanes of at least 4 members (excludes halogenated alkanes) is 1. The van der Waals surface area contributed by atoms with E-state index in [0.717, 1.165) is 31.4 Å². The van der Waals surface area contributed by atoms with Gasteiger partial charge in [-0.2, -0.15) is 0 Å². The highest BCUT2D eigenvalue weighted by Crippen LogP contribution is 2.17. The van der Waals surface area contributed by atoms with Crippen molar-refractivity contribution >= 4 is 6.21 Å². The SMILES string of the molecule is CCC/[C]=N/OC1=CCCCC1. The Kier molecular flexibility index (Phi) is 4.50. The monoisotopic (exact) mass is 166 g/mol. The highest BCUT2D eigenvalue weighted by molar-refractivity contribution is 5.56. The van der Waals surface area contributed by atoms with Crippen LogP contribution in [0.15, 0.2) is 17.0 Å². The van der Waals surface area contributed by atoms with Gasteiger partial charge in [-0.05, 0) is 31.8 Å². The summed E-state index contributed by atoms with van der Waals surface area (Å²) in [6, 6.07) is 0. The zero-order valence-electron chi connectivity index (χ0n) is 7.68. The average molecular weight is 166 g/mol. The van der Waals surface area contributed by atoms with Crippen molar-refractivity contribution in [1.82, 2.24) is 0 Å². The molecule has 1 aliphatic rings. The van der Waals surface area contributed by atoms with Crippen molar-refractivity contribution in [2.75, 3.05) is 0 Å². The molecule has 0 unspecified atom stereocenters. The molecular weight excluding hydrogens is 150 g/mol. The summed E-state index contributed by atoms with van der Waals surface area (Å²) in [5.74, 6) is 1.02. The molecular formula is C10H16NO. The zero-order valence-corrected chi connectivity index (χ0v) is 7.68. The summed E-state index contributed by atoms with van der Waals surface area (Å²) >= 11 is 0. The van der Waals surface area contributed by atoms with E-state index in [4.69, 9.17) is 4.84 Å². The predicted molar refractivity (Wildman–Crippen MR) is 50.0 cm³/mol. The van der Waals surface area contributed by atoms with Crippen LogP contribution >= 0.6 is 0 Å². The largest absolute Gasteiger partial charge is 0.362 e. The van der Waals surface area contributed by atoms with Crippen LogP contribution in [0.1, 0.15) is 45.4 Å². The third-order valence-corrected chi connectivity index (χ3v) is 1.84. The Hall–Kier alpha value is -0.790. The van der Waals surface area contributed by atoms with Crippen LogP contribution in [0, 0.1) is 0 Å². The van der Waals surface area contributed by atoms with E-state index in [1.807, 2.05) is 0 Å². The maximum Gasteiger partial charge on any atom is 0.131 e. The van der Waals surface area contributed by atoms with Crippen molar-refractivity contribution in [3.63, 3.8) is 0 Å². The van der Waals surface area contributed by atoms with Crippen molar-refractivity contribution in [2.45, 2.75) is 45.4 Å². The molecule has 1 aliphatic carbocycles. The van der Waals surface area contributed by atoms with Crippen LogP contribution in [0.2, 0.25) is 0 Å². The third kappa shape index (κ3) is 3.56.